The molecule has 0 radical (unpaired) electrons. The first-order valence-electron chi connectivity index (χ1n) is 7.53. The second-order valence-corrected chi connectivity index (χ2v) is 6.85. The first kappa shape index (κ1) is 15.7. The van der Waals surface area contributed by atoms with Gasteiger partial charge in [0.25, 0.3) is 0 Å². The fourth-order valence-corrected chi connectivity index (χ4v) is 2.82. The zero-order valence-electron chi connectivity index (χ0n) is 13.4. The molecule has 0 aliphatic heterocycles. The van der Waals surface area contributed by atoms with Gasteiger partial charge in [0.15, 0.2) is 0 Å². The Morgan fingerprint density at radius 3 is 2.48 bits per heavy atom. The van der Waals surface area contributed by atoms with Crippen molar-refractivity contribution in [1.29, 1.82) is 0 Å². The molecule has 0 bridgehead atoms. The van der Waals surface area contributed by atoms with E-state index in [-0.39, 0.29) is 0 Å². The number of ether oxygens (including phenoxy) is 1. The minimum Gasteiger partial charge on any atom is -0.444 e. The van der Waals surface area contributed by atoms with Gasteiger partial charge < -0.3 is 15.8 Å². The van der Waals surface area contributed by atoms with Crippen LogP contribution in [0.5, 0.6) is 0 Å². The van der Waals surface area contributed by atoms with Crippen LogP contribution in [-0.4, -0.2) is 21.5 Å². The van der Waals surface area contributed by atoms with Crippen LogP contribution in [0.15, 0.2) is 6.07 Å². The van der Waals surface area contributed by atoms with Gasteiger partial charge in [-0.05, 0) is 33.6 Å². The SMILES string of the molecule is Cn1nc(C2(NC(=O)OC(C)(C)C)CCCCC2)cc1N. The zero-order valence-corrected chi connectivity index (χ0v) is 13.4. The molecule has 1 heterocycles. The molecule has 0 saturated heterocycles. The summed E-state index contributed by atoms with van der Waals surface area (Å²) < 4.78 is 7.05. The molecule has 3 N–H and O–H groups in total. The monoisotopic (exact) mass is 294 g/mol. The molecule has 0 atom stereocenters. The van der Waals surface area contributed by atoms with E-state index < -0.39 is 17.2 Å². The lowest BCUT2D eigenvalue weighted by Crippen LogP contribution is -2.49. The van der Waals surface area contributed by atoms with Gasteiger partial charge in [0.1, 0.15) is 11.4 Å². The van der Waals surface area contributed by atoms with Crippen molar-refractivity contribution in [3.8, 4) is 0 Å². The van der Waals surface area contributed by atoms with Gasteiger partial charge in [-0.15, -0.1) is 0 Å². The molecule has 6 heteroatoms. The van der Waals surface area contributed by atoms with Crippen molar-refractivity contribution >= 4 is 11.9 Å². The predicted molar refractivity (Wildman–Crippen MR) is 81.8 cm³/mol. The lowest BCUT2D eigenvalue weighted by atomic mass is 9.79. The largest absolute Gasteiger partial charge is 0.444 e. The van der Waals surface area contributed by atoms with E-state index in [2.05, 4.69) is 10.4 Å². The van der Waals surface area contributed by atoms with Crippen LogP contribution in [-0.2, 0) is 17.3 Å². The van der Waals surface area contributed by atoms with Crippen LogP contribution in [0.4, 0.5) is 10.6 Å². The van der Waals surface area contributed by atoms with Crippen LogP contribution < -0.4 is 11.1 Å². The molecule has 118 valence electrons. The number of carbonyl (C=O) groups excluding carboxylic acids is 1. The number of alkyl carbamates (subject to hydrolysis) is 1. The topological polar surface area (TPSA) is 82.2 Å². The van der Waals surface area contributed by atoms with E-state index in [4.69, 9.17) is 10.5 Å². The molecule has 1 aromatic rings. The molecule has 0 spiro atoms. The van der Waals surface area contributed by atoms with Gasteiger partial charge in [-0.2, -0.15) is 5.10 Å². The summed E-state index contributed by atoms with van der Waals surface area (Å²) in [4.78, 5) is 12.2. The molecule has 1 aliphatic rings. The van der Waals surface area contributed by atoms with Crippen molar-refractivity contribution in [2.45, 2.75) is 64.0 Å². The minimum absolute atomic E-state index is 0.395. The first-order chi connectivity index (χ1) is 9.72. The van der Waals surface area contributed by atoms with E-state index in [0.29, 0.717) is 5.82 Å². The van der Waals surface area contributed by atoms with Crippen LogP contribution in [0.2, 0.25) is 0 Å². The van der Waals surface area contributed by atoms with Gasteiger partial charge in [0, 0.05) is 13.1 Å². The Kier molecular flexibility index (Phi) is 4.16. The Morgan fingerprint density at radius 2 is 2.00 bits per heavy atom. The number of aryl methyl sites for hydroxylation is 1. The Bertz CT molecular complexity index is 491. The normalized spacial score (nSPS) is 18.3. The predicted octanol–water partition coefficient (Wildman–Crippen LogP) is 2.69. The number of aromatic nitrogens is 2. The third-order valence-corrected chi connectivity index (χ3v) is 3.85. The fraction of sp³-hybridized carbons (Fsp3) is 0.733. The highest BCUT2D eigenvalue weighted by Gasteiger charge is 2.39. The maximum Gasteiger partial charge on any atom is 0.408 e. The number of anilines is 1. The third-order valence-electron chi connectivity index (χ3n) is 3.85. The highest BCUT2D eigenvalue weighted by atomic mass is 16.6. The van der Waals surface area contributed by atoms with E-state index in [1.807, 2.05) is 33.9 Å². The van der Waals surface area contributed by atoms with Gasteiger partial charge in [-0.25, -0.2) is 4.79 Å². The Balaban J connectivity index is 2.23. The summed E-state index contributed by atoms with van der Waals surface area (Å²) in [6.07, 6.45) is 4.64. The van der Waals surface area contributed by atoms with E-state index in [9.17, 15) is 4.79 Å². The third kappa shape index (κ3) is 3.68. The standard InChI is InChI=1S/C15H26N4O2/c1-14(2,3)21-13(20)17-15(8-6-5-7-9-15)11-10-12(16)19(4)18-11/h10H,5-9,16H2,1-4H3,(H,17,20). The maximum absolute atomic E-state index is 12.2. The van der Waals surface area contributed by atoms with Gasteiger partial charge in [-0.1, -0.05) is 19.3 Å². The number of rotatable bonds is 2. The summed E-state index contributed by atoms with van der Waals surface area (Å²) in [5, 5.41) is 7.53. The number of carbonyl (C=O) groups is 1. The van der Waals surface area contributed by atoms with Crippen LogP contribution in [0.3, 0.4) is 0 Å². The summed E-state index contributed by atoms with van der Waals surface area (Å²) in [5.74, 6) is 0.598. The van der Waals surface area contributed by atoms with Crippen LogP contribution in [0, 0.1) is 0 Å². The Hall–Kier alpha value is -1.72. The Morgan fingerprint density at radius 1 is 1.38 bits per heavy atom. The van der Waals surface area contributed by atoms with Crippen molar-refractivity contribution in [3.63, 3.8) is 0 Å². The average Bonchev–Trinajstić information content (AvgIpc) is 2.69. The molecule has 1 fully saturated rings. The number of nitrogens with one attached hydrogen (secondary N) is 1. The van der Waals surface area contributed by atoms with Crippen LogP contribution in [0.1, 0.15) is 58.6 Å². The summed E-state index contributed by atoms with van der Waals surface area (Å²) in [6, 6.07) is 1.85. The van der Waals surface area contributed by atoms with Crippen molar-refractivity contribution in [1.82, 2.24) is 15.1 Å². The second kappa shape index (κ2) is 5.58. The number of nitrogen functional groups attached to an aromatic ring is 1. The number of hydrogen-bond acceptors (Lipinski definition) is 4. The van der Waals surface area contributed by atoms with Crippen LogP contribution >= 0.6 is 0 Å². The van der Waals surface area contributed by atoms with Gasteiger partial charge in [-0.3, -0.25) is 4.68 Å². The highest BCUT2D eigenvalue weighted by Crippen LogP contribution is 2.37. The van der Waals surface area contributed by atoms with E-state index in [0.717, 1.165) is 31.4 Å². The van der Waals surface area contributed by atoms with Gasteiger partial charge >= 0.3 is 6.09 Å². The van der Waals surface area contributed by atoms with Crippen molar-refractivity contribution < 1.29 is 9.53 Å². The molecule has 0 aromatic carbocycles. The van der Waals surface area contributed by atoms with Crippen molar-refractivity contribution in [3.05, 3.63) is 11.8 Å². The lowest BCUT2D eigenvalue weighted by Gasteiger charge is -2.37. The molecule has 1 aromatic heterocycles. The van der Waals surface area contributed by atoms with Crippen molar-refractivity contribution in [2.75, 3.05) is 5.73 Å². The molecular weight excluding hydrogens is 268 g/mol. The molecule has 1 aliphatic carbocycles. The quantitative estimate of drug-likeness (QED) is 0.878. The maximum atomic E-state index is 12.2. The van der Waals surface area contributed by atoms with Crippen LogP contribution in [0.25, 0.3) is 0 Å². The van der Waals surface area contributed by atoms with E-state index in [1.165, 1.54) is 6.42 Å². The van der Waals surface area contributed by atoms with Gasteiger partial charge in [0.05, 0.1) is 11.2 Å². The fourth-order valence-electron chi connectivity index (χ4n) is 2.82. The molecule has 2 rings (SSSR count). The minimum atomic E-state index is -0.511. The molecule has 21 heavy (non-hydrogen) atoms. The first-order valence-corrected chi connectivity index (χ1v) is 7.53. The molecule has 0 unspecified atom stereocenters. The molecule has 1 saturated carbocycles. The summed E-state index contributed by atoms with van der Waals surface area (Å²) in [5.41, 5.74) is 5.75. The molecule has 6 nitrogen and oxygen atoms in total. The molecule has 1 amide bonds. The van der Waals surface area contributed by atoms with E-state index >= 15 is 0 Å². The Labute approximate surface area is 126 Å². The molecular formula is C15H26N4O2. The van der Waals surface area contributed by atoms with Gasteiger partial charge in [0.2, 0.25) is 0 Å². The zero-order chi connectivity index (χ0) is 15.7. The van der Waals surface area contributed by atoms with E-state index in [1.54, 1.807) is 4.68 Å². The van der Waals surface area contributed by atoms with Crippen molar-refractivity contribution in [2.24, 2.45) is 7.05 Å². The summed E-state index contributed by atoms with van der Waals surface area (Å²) in [7, 11) is 1.81. The number of nitrogens with two attached hydrogens (primary N) is 1. The number of hydrogen-bond donors (Lipinski definition) is 2. The summed E-state index contributed by atoms with van der Waals surface area (Å²) >= 11 is 0. The summed E-state index contributed by atoms with van der Waals surface area (Å²) in [6.45, 7) is 5.58. The second-order valence-electron chi connectivity index (χ2n) is 6.85. The highest BCUT2D eigenvalue weighted by molar-refractivity contribution is 5.69. The number of nitrogens with zero attached hydrogens (tertiary/aromatic N) is 2. The average molecular weight is 294 g/mol. The lowest BCUT2D eigenvalue weighted by molar-refractivity contribution is 0.0415. The number of amides is 1. The smallest absolute Gasteiger partial charge is 0.408 e.